The number of amides is 2. The van der Waals surface area contributed by atoms with Crippen molar-refractivity contribution in [3.8, 4) is 0 Å². The van der Waals surface area contributed by atoms with Crippen LogP contribution in [0.4, 0.5) is 11.4 Å². The molecule has 0 atom stereocenters. The van der Waals surface area contributed by atoms with Gasteiger partial charge in [-0.3, -0.25) is 9.59 Å². The number of carbonyl (C=O) groups is 2. The van der Waals surface area contributed by atoms with Gasteiger partial charge in [-0.1, -0.05) is 66.7 Å². The van der Waals surface area contributed by atoms with Crippen molar-refractivity contribution in [2.75, 3.05) is 28.7 Å². The second-order valence-corrected chi connectivity index (χ2v) is 14.2. The highest BCUT2D eigenvalue weighted by Crippen LogP contribution is 2.34. The van der Waals surface area contributed by atoms with Crippen LogP contribution < -0.4 is 16.4 Å². The highest BCUT2D eigenvalue weighted by atomic mass is 32.2. The first-order valence-corrected chi connectivity index (χ1v) is 15.8. The minimum absolute atomic E-state index is 0.0446. The average Bonchev–Trinajstić information content (AvgIpc) is 2.90. The maximum absolute atomic E-state index is 13.4. The van der Waals surface area contributed by atoms with Crippen LogP contribution in [0.1, 0.15) is 86.7 Å². The maximum Gasteiger partial charge on any atom is 0.255 e. The van der Waals surface area contributed by atoms with Gasteiger partial charge < -0.3 is 16.4 Å². The Bertz CT molecular complexity index is 1240. The molecule has 4 N–H and O–H groups in total. The summed E-state index contributed by atoms with van der Waals surface area (Å²) in [5.41, 5.74) is 10.3. The third-order valence-electron chi connectivity index (χ3n) is 6.41. The molecule has 0 spiro atoms. The number of nitrogens with one attached hydrogen (secondary N) is 2. The van der Waals surface area contributed by atoms with Crippen LogP contribution in [-0.4, -0.2) is 29.9 Å². The molecule has 0 unspecified atom stereocenters. The van der Waals surface area contributed by atoms with E-state index < -0.39 is 0 Å². The number of thioether (sulfide) groups is 2. The third kappa shape index (κ3) is 8.63. The van der Waals surface area contributed by atoms with Crippen molar-refractivity contribution in [1.29, 1.82) is 0 Å². The molecule has 3 rings (SSSR count). The van der Waals surface area contributed by atoms with Gasteiger partial charge in [-0.05, 0) is 76.6 Å². The van der Waals surface area contributed by atoms with Gasteiger partial charge in [-0.15, -0.1) is 23.5 Å². The lowest BCUT2D eigenvalue weighted by Crippen LogP contribution is -2.18. The molecular formula is C33H43N3O2S2. The Morgan fingerprint density at radius 1 is 0.700 bits per heavy atom. The molecular weight excluding hydrogens is 535 g/mol. The minimum Gasteiger partial charge on any atom is -0.330 e. The molecule has 0 radical (unpaired) electrons. The van der Waals surface area contributed by atoms with E-state index in [-0.39, 0.29) is 22.6 Å². The van der Waals surface area contributed by atoms with E-state index in [9.17, 15) is 9.59 Å². The van der Waals surface area contributed by atoms with Crippen LogP contribution in [-0.2, 0) is 10.8 Å². The summed E-state index contributed by atoms with van der Waals surface area (Å²) in [6.45, 7) is 15.6. The number of carbonyl (C=O) groups excluding carboxylic acids is 2. The van der Waals surface area contributed by atoms with E-state index in [1.54, 1.807) is 47.8 Å². The van der Waals surface area contributed by atoms with Gasteiger partial charge in [0.2, 0.25) is 0 Å². The normalized spacial score (nSPS) is 11.8. The first-order chi connectivity index (χ1) is 18.8. The molecule has 0 aliphatic carbocycles. The van der Waals surface area contributed by atoms with Crippen LogP contribution >= 0.6 is 23.5 Å². The van der Waals surface area contributed by atoms with Crippen molar-refractivity contribution in [3.05, 3.63) is 82.9 Å². The van der Waals surface area contributed by atoms with Crippen molar-refractivity contribution in [2.45, 2.75) is 75.5 Å². The van der Waals surface area contributed by atoms with Crippen LogP contribution in [0.5, 0.6) is 0 Å². The second kappa shape index (κ2) is 13.7. The number of nitrogens with two attached hydrogens (primary N) is 1. The molecule has 214 valence electrons. The summed E-state index contributed by atoms with van der Waals surface area (Å²) in [5.74, 6) is 1.22. The van der Waals surface area contributed by atoms with Crippen LogP contribution in [0.3, 0.4) is 0 Å². The Morgan fingerprint density at radius 3 is 1.55 bits per heavy atom. The van der Waals surface area contributed by atoms with Gasteiger partial charge in [0, 0.05) is 33.2 Å². The predicted molar refractivity (Wildman–Crippen MR) is 173 cm³/mol. The molecule has 0 heterocycles. The summed E-state index contributed by atoms with van der Waals surface area (Å²) in [4.78, 5) is 28.8. The second-order valence-electron chi connectivity index (χ2n) is 11.9. The van der Waals surface area contributed by atoms with Crippen molar-refractivity contribution in [3.63, 3.8) is 0 Å². The Labute approximate surface area is 248 Å². The Morgan fingerprint density at radius 2 is 1.15 bits per heavy atom. The van der Waals surface area contributed by atoms with Crippen molar-refractivity contribution >= 4 is 46.7 Å². The molecule has 3 aromatic carbocycles. The zero-order valence-corrected chi connectivity index (χ0v) is 26.4. The molecule has 0 bridgehead atoms. The maximum atomic E-state index is 13.4. The van der Waals surface area contributed by atoms with E-state index in [4.69, 9.17) is 5.73 Å². The van der Waals surface area contributed by atoms with Crippen molar-refractivity contribution in [1.82, 2.24) is 0 Å². The molecule has 2 amide bonds. The number of benzene rings is 3. The fraction of sp³-hybridized carbons (Fsp3) is 0.394. The highest BCUT2D eigenvalue weighted by Gasteiger charge is 2.20. The van der Waals surface area contributed by atoms with Gasteiger partial charge in [-0.2, -0.15) is 0 Å². The standard InChI is InChI=1S/C33H43N3O2S2/c1-8-17-39-28-14-12-24(32(2,3)4)20-26(28)35-30(37)22-10-9-11-23(19-22)31(38)36-27-21-25(33(5,6)7)13-15-29(27)40-18-16-34/h9-15,19-21H,8,16-18,34H2,1-7H3,(H,35,37)(H,36,38). The van der Waals surface area contributed by atoms with E-state index in [1.807, 2.05) is 12.1 Å². The molecule has 0 saturated heterocycles. The predicted octanol–water partition coefficient (Wildman–Crippen LogP) is 8.34. The SMILES string of the molecule is CCCSc1ccc(C(C)(C)C)cc1NC(=O)c1cccc(C(=O)Nc2cc(C(C)(C)C)ccc2SCCN)c1. The topological polar surface area (TPSA) is 84.2 Å². The summed E-state index contributed by atoms with van der Waals surface area (Å²) < 4.78 is 0. The Kier molecular flexibility index (Phi) is 10.9. The number of rotatable bonds is 10. The molecule has 0 aromatic heterocycles. The molecule has 40 heavy (non-hydrogen) atoms. The lowest BCUT2D eigenvalue weighted by Gasteiger charge is -2.22. The molecule has 7 heteroatoms. The summed E-state index contributed by atoms with van der Waals surface area (Å²) in [6, 6.07) is 19.3. The number of anilines is 2. The Balaban J connectivity index is 1.87. The summed E-state index contributed by atoms with van der Waals surface area (Å²) in [5, 5.41) is 6.20. The van der Waals surface area contributed by atoms with Crippen LogP contribution in [0.2, 0.25) is 0 Å². The van der Waals surface area contributed by atoms with Gasteiger partial charge in [-0.25, -0.2) is 0 Å². The smallest absolute Gasteiger partial charge is 0.255 e. The van der Waals surface area contributed by atoms with E-state index in [2.05, 4.69) is 83.4 Å². The van der Waals surface area contributed by atoms with Gasteiger partial charge in [0.25, 0.3) is 11.8 Å². The van der Waals surface area contributed by atoms with Gasteiger partial charge in [0.05, 0.1) is 11.4 Å². The molecule has 3 aromatic rings. The highest BCUT2D eigenvalue weighted by molar-refractivity contribution is 7.99. The number of hydrogen-bond donors (Lipinski definition) is 3. The summed E-state index contributed by atoms with van der Waals surface area (Å²) in [6.07, 6.45) is 1.04. The minimum atomic E-state index is -0.260. The van der Waals surface area contributed by atoms with Crippen LogP contribution in [0.15, 0.2) is 70.5 Å². The third-order valence-corrected chi connectivity index (χ3v) is 8.80. The average molecular weight is 578 g/mol. The van der Waals surface area contributed by atoms with Crippen LogP contribution in [0, 0.1) is 0 Å². The van der Waals surface area contributed by atoms with Gasteiger partial charge in [0.15, 0.2) is 0 Å². The molecule has 0 aliphatic rings. The monoisotopic (exact) mass is 577 g/mol. The van der Waals surface area contributed by atoms with Crippen molar-refractivity contribution < 1.29 is 9.59 Å². The molecule has 0 fully saturated rings. The lowest BCUT2D eigenvalue weighted by molar-refractivity contribution is 0.102. The quantitative estimate of drug-likeness (QED) is 0.211. The van der Waals surface area contributed by atoms with E-state index in [0.717, 1.165) is 50.2 Å². The van der Waals surface area contributed by atoms with E-state index in [1.165, 1.54) is 0 Å². The Hall–Kier alpha value is -2.74. The van der Waals surface area contributed by atoms with E-state index >= 15 is 0 Å². The lowest BCUT2D eigenvalue weighted by atomic mass is 9.87. The van der Waals surface area contributed by atoms with E-state index in [0.29, 0.717) is 17.7 Å². The first kappa shape index (κ1) is 31.8. The largest absolute Gasteiger partial charge is 0.330 e. The van der Waals surface area contributed by atoms with Crippen molar-refractivity contribution in [2.24, 2.45) is 5.73 Å². The fourth-order valence-corrected chi connectivity index (χ4v) is 5.63. The zero-order chi connectivity index (χ0) is 29.5. The molecule has 0 saturated carbocycles. The summed E-state index contributed by atoms with van der Waals surface area (Å²) in [7, 11) is 0. The summed E-state index contributed by atoms with van der Waals surface area (Å²) >= 11 is 3.35. The van der Waals surface area contributed by atoms with Crippen LogP contribution in [0.25, 0.3) is 0 Å². The molecule has 0 aliphatic heterocycles. The zero-order valence-electron chi connectivity index (χ0n) is 24.8. The fourth-order valence-electron chi connectivity index (χ4n) is 4.01. The first-order valence-electron chi connectivity index (χ1n) is 13.8. The van der Waals surface area contributed by atoms with Gasteiger partial charge >= 0.3 is 0 Å². The molecule has 5 nitrogen and oxygen atoms in total. The van der Waals surface area contributed by atoms with Gasteiger partial charge in [0.1, 0.15) is 0 Å². The number of hydrogen-bond acceptors (Lipinski definition) is 5.